The summed E-state index contributed by atoms with van der Waals surface area (Å²) in [7, 11) is 0. The quantitative estimate of drug-likeness (QED) is 0.775. The van der Waals surface area contributed by atoms with Crippen LogP contribution in [0.5, 0.6) is 0 Å². The highest BCUT2D eigenvalue weighted by molar-refractivity contribution is 6.31. The molecular weight excluding hydrogens is 276 g/mol. The molecule has 0 aromatic heterocycles. The first kappa shape index (κ1) is 17.0. The average Bonchev–Trinajstić information content (AvgIpc) is 2.39. The molecule has 0 aliphatic rings. The van der Waals surface area contributed by atoms with Gasteiger partial charge >= 0.3 is 0 Å². The van der Waals surface area contributed by atoms with Crippen LogP contribution in [0, 0.1) is 5.92 Å². The monoisotopic (exact) mass is 298 g/mol. The van der Waals surface area contributed by atoms with E-state index >= 15 is 0 Å². The number of hydrogen-bond donors (Lipinski definition) is 2. The van der Waals surface area contributed by atoms with E-state index in [1.165, 1.54) is 0 Å². The molecule has 0 aliphatic carbocycles. The molecule has 0 saturated carbocycles. The number of carbonyl (C=O) groups is 1. The fraction of sp³-hybridized carbons (Fsp3) is 0.533. The number of amides is 1. The molecule has 4 nitrogen and oxygen atoms in total. The molecule has 1 aromatic rings. The summed E-state index contributed by atoms with van der Waals surface area (Å²) in [4.78, 5) is 11.1. The van der Waals surface area contributed by atoms with E-state index < -0.39 is 5.91 Å². The van der Waals surface area contributed by atoms with Crippen LogP contribution < -0.4 is 11.1 Å². The molecule has 3 N–H and O–H groups in total. The number of primary amides is 1. The molecule has 112 valence electrons. The molecule has 0 aliphatic heterocycles. The van der Waals surface area contributed by atoms with Crippen molar-refractivity contribution in [1.29, 1.82) is 0 Å². The molecule has 0 fully saturated rings. The molecule has 0 heterocycles. The Labute approximate surface area is 125 Å². The van der Waals surface area contributed by atoms with Gasteiger partial charge in [-0.25, -0.2) is 0 Å². The first-order valence-corrected chi connectivity index (χ1v) is 7.22. The predicted molar refractivity (Wildman–Crippen MR) is 81.9 cm³/mol. The third kappa shape index (κ3) is 5.12. The molecule has 1 aromatic carbocycles. The lowest BCUT2D eigenvalue weighted by atomic mass is 10.0. The highest BCUT2D eigenvalue weighted by atomic mass is 35.5. The molecule has 20 heavy (non-hydrogen) atoms. The van der Waals surface area contributed by atoms with Crippen LogP contribution in [-0.4, -0.2) is 25.2 Å². The maximum absolute atomic E-state index is 11.1. The molecule has 0 spiro atoms. The van der Waals surface area contributed by atoms with E-state index in [0.29, 0.717) is 36.3 Å². The number of rotatable bonds is 8. The number of nitrogens with two attached hydrogens (primary N) is 1. The standard InChI is InChI=1S/C15H23ClN2O2/c1-4-20-9-14(10(2)3)18-8-12-6-5-11(15(17)19)7-13(12)16/h5-7,10,14,18H,4,8-9H2,1-3H3,(H2,17,19). The lowest BCUT2D eigenvalue weighted by Crippen LogP contribution is -2.37. The third-order valence-corrected chi connectivity index (χ3v) is 3.55. The first-order chi connectivity index (χ1) is 9.45. The Morgan fingerprint density at radius 1 is 1.45 bits per heavy atom. The minimum absolute atomic E-state index is 0.266. The van der Waals surface area contributed by atoms with E-state index in [0.717, 1.165) is 5.56 Å². The normalized spacial score (nSPS) is 12.7. The van der Waals surface area contributed by atoms with Gasteiger partial charge in [0.05, 0.1) is 6.61 Å². The van der Waals surface area contributed by atoms with Gasteiger partial charge in [0.25, 0.3) is 0 Å². The van der Waals surface area contributed by atoms with Gasteiger partial charge in [0.2, 0.25) is 5.91 Å². The largest absolute Gasteiger partial charge is 0.380 e. The van der Waals surface area contributed by atoms with Gasteiger partial charge in [-0.1, -0.05) is 31.5 Å². The maximum atomic E-state index is 11.1. The lowest BCUT2D eigenvalue weighted by molar-refractivity contribution is 0.100. The van der Waals surface area contributed by atoms with Gasteiger partial charge in [0.1, 0.15) is 0 Å². The van der Waals surface area contributed by atoms with Crippen molar-refractivity contribution in [2.24, 2.45) is 11.7 Å². The van der Waals surface area contributed by atoms with Crippen LogP contribution in [0.3, 0.4) is 0 Å². The first-order valence-electron chi connectivity index (χ1n) is 6.85. The SMILES string of the molecule is CCOCC(NCc1ccc(C(N)=O)cc1Cl)C(C)C. The summed E-state index contributed by atoms with van der Waals surface area (Å²) in [6.07, 6.45) is 0. The van der Waals surface area contributed by atoms with E-state index in [1.807, 2.05) is 13.0 Å². The van der Waals surface area contributed by atoms with Crippen LogP contribution in [0.2, 0.25) is 5.02 Å². The zero-order chi connectivity index (χ0) is 15.1. The molecule has 1 amide bonds. The van der Waals surface area contributed by atoms with Crippen molar-refractivity contribution in [2.45, 2.75) is 33.4 Å². The summed E-state index contributed by atoms with van der Waals surface area (Å²) in [6.45, 7) is 8.29. The number of carbonyl (C=O) groups excluding carboxylic acids is 1. The Morgan fingerprint density at radius 3 is 2.65 bits per heavy atom. The zero-order valence-corrected chi connectivity index (χ0v) is 13.0. The fourth-order valence-electron chi connectivity index (χ4n) is 1.82. The Hall–Kier alpha value is -1.10. The molecule has 0 radical (unpaired) electrons. The van der Waals surface area contributed by atoms with Crippen molar-refractivity contribution >= 4 is 17.5 Å². The van der Waals surface area contributed by atoms with Crippen molar-refractivity contribution < 1.29 is 9.53 Å². The zero-order valence-electron chi connectivity index (χ0n) is 12.3. The summed E-state index contributed by atoms with van der Waals surface area (Å²) in [5.74, 6) is -0.00645. The average molecular weight is 299 g/mol. The fourth-order valence-corrected chi connectivity index (χ4v) is 2.06. The Morgan fingerprint density at radius 2 is 2.15 bits per heavy atom. The van der Waals surface area contributed by atoms with E-state index in [-0.39, 0.29) is 6.04 Å². The Balaban J connectivity index is 2.65. The summed E-state index contributed by atoms with van der Waals surface area (Å²) < 4.78 is 5.47. The maximum Gasteiger partial charge on any atom is 0.248 e. The highest BCUT2D eigenvalue weighted by Crippen LogP contribution is 2.18. The van der Waals surface area contributed by atoms with Crippen molar-refractivity contribution in [2.75, 3.05) is 13.2 Å². The van der Waals surface area contributed by atoms with Crippen molar-refractivity contribution in [3.8, 4) is 0 Å². The van der Waals surface area contributed by atoms with E-state index in [9.17, 15) is 4.79 Å². The van der Waals surface area contributed by atoms with Crippen molar-refractivity contribution in [3.05, 3.63) is 34.3 Å². The van der Waals surface area contributed by atoms with Crippen LogP contribution in [0.4, 0.5) is 0 Å². The number of hydrogen-bond acceptors (Lipinski definition) is 3. The summed E-state index contributed by atoms with van der Waals surface area (Å²) in [5.41, 5.74) is 6.59. The topological polar surface area (TPSA) is 64.3 Å². The molecule has 0 saturated heterocycles. The highest BCUT2D eigenvalue weighted by Gasteiger charge is 2.14. The van der Waals surface area contributed by atoms with Gasteiger partial charge in [0, 0.05) is 29.8 Å². The molecule has 1 rings (SSSR count). The van der Waals surface area contributed by atoms with Crippen molar-refractivity contribution in [3.63, 3.8) is 0 Å². The van der Waals surface area contributed by atoms with E-state index in [1.54, 1.807) is 12.1 Å². The second-order valence-electron chi connectivity index (χ2n) is 5.06. The molecular formula is C15H23ClN2O2. The molecule has 1 atom stereocenters. The van der Waals surface area contributed by atoms with Crippen LogP contribution >= 0.6 is 11.6 Å². The second kappa shape index (κ2) is 8.25. The molecule has 1 unspecified atom stereocenters. The number of nitrogens with one attached hydrogen (secondary N) is 1. The van der Waals surface area contributed by atoms with Crippen LogP contribution in [-0.2, 0) is 11.3 Å². The van der Waals surface area contributed by atoms with E-state index in [2.05, 4.69) is 19.2 Å². The van der Waals surface area contributed by atoms with Gasteiger partial charge in [-0.3, -0.25) is 4.79 Å². The summed E-state index contributed by atoms with van der Waals surface area (Å²) >= 11 is 6.16. The van der Waals surface area contributed by atoms with Crippen LogP contribution in [0.15, 0.2) is 18.2 Å². The number of ether oxygens (including phenoxy) is 1. The van der Waals surface area contributed by atoms with Gasteiger partial charge in [-0.05, 0) is 30.5 Å². The van der Waals surface area contributed by atoms with Crippen LogP contribution in [0.25, 0.3) is 0 Å². The minimum atomic E-state index is -0.470. The lowest BCUT2D eigenvalue weighted by Gasteiger charge is -2.22. The summed E-state index contributed by atoms with van der Waals surface area (Å²) in [5, 5.41) is 3.98. The molecule has 0 bridgehead atoms. The van der Waals surface area contributed by atoms with Gasteiger partial charge < -0.3 is 15.8 Å². The second-order valence-corrected chi connectivity index (χ2v) is 5.47. The Bertz CT molecular complexity index is 449. The minimum Gasteiger partial charge on any atom is -0.380 e. The molecule has 5 heteroatoms. The van der Waals surface area contributed by atoms with Gasteiger partial charge in [-0.2, -0.15) is 0 Å². The number of benzene rings is 1. The third-order valence-electron chi connectivity index (χ3n) is 3.20. The smallest absolute Gasteiger partial charge is 0.248 e. The summed E-state index contributed by atoms with van der Waals surface area (Å²) in [6, 6.07) is 5.39. The van der Waals surface area contributed by atoms with Gasteiger partial charge in [-0.15, -0.1) is 0 Å². The van der Waals surface area contributed by atoms with Crippen LogP contribution in [0.1, 0.15) is 36.7 Å². The van der Waals surface area contributed by atoms with E-state index in [4.69, 9.17) is 22.1 Å². The number of halogens is 1. The predicted octanol–water partition coefficient (Wildman–Crippen LogP) is 2.59. The van der Waals surface area contributed by atoms with Gasteiger partial charge in [0.15, 0.2) is 0 Å². The van der Waals surface area contributed by atoms with Crippen molar-refractivity contribution in [1.82, 2.24) is 5.32 Å². The Kier molecular flexibility index (Phi) is 6.99.